The Morgan fingerprint density at radius 3 is 2.60 bits per heavy atom. The molecule has 1 aliphatic heterocycles. The van der Waals surface area contributed by atoms with Gasteiger partial charge >= 0.3 is 0 Å². The molecular formula is C21H25ClN2O. The minimum absolute atomic E-state index is 0.169. The molecule has 1 unspecified atom stereocenters. The second-order valence-corrected chi connectivity index (χ2v) is 7.63. The van der Waals surface area contributed by atoms with Crippen LogP contribution in [0.2, 0.25) is 5.02 Å². The molecule has 1 N–H and O–H groups in total. The van der Waals surface area contributed by atoms with E-state index in [2.05, 4.69) is 19.2 Å². The lowest BCUT2D eigenvalue weighted by Crippen LogP contribution is -2.45. The highest BCUT2D eigenvalue weighted by atomic mass is 35.5. The van der Waals surface area contributed by atoms with E-state index in [1.807, 2.05) is 54.4 Å². The number of carbonyl (C=O) groups is 1. The third-order valence-electron chi connectivity index (χ3n) is 5.03. The predicted molar refractivity (Wildman–Crippen MR) is 105 cm³/mol. The summed E-state index contributed by atoms with van der Waals surface area (Å²) in [6.07, 6.45) is 2.55. The Morgan fingerprint density at radius 1 is 1.20 bits per heavy atom. The van der Waals surface area contributed by atoms with Crippen LogP contribution in [0.4, 0.5) is 11.4 Å². The highest BCUT2D eigenvalue weighted by Gasteiger charge is 2.42. The summed E-state index contributed by atoms with van der Waals surface area (Å²) in [5.74, 6) is 0.169. The Morgan fingerprint density at radius 2 is 1.92 bits per heavy atom. The second kappa shape index (κ2) is 7.19. The molecule has 1 amide bonds. The maximum absolute atomic E-state index is 13.4. The van der Waals surface area contributed by atoms with Gasteiger partial charge in [-0.2, -0.15) is 0 Å². The molecule has 4 heteroatoms. The Kier molecular flexibility index (Phi) is 5.16. The summed E-state index contributed by atoms with van der Waals surface area (Å²) in [6, 6.07) is 14.0. The smallest absolute Gasteiger partial charge is 0.237 e. The number of hydrogen-bond donors (Lipinski definition) is 1. The normalized spacial score (nSPS) is 19.8. The van der Waals surface area contributed by atoms with Gasteiger partial charge in [-0.3, -0.25) is 9.69 Å². The topological polar surface area (TPSA) is 32.3 Å². The van der Waals surface area contributed by atoms with Crippen molar-refractivity contribution in [2.24, 2.45) is 5.41 Å². The van der Waals surface area contributed by atoms with Gasteiger partial charge in [-0.05, 0) is 75.7 Å². The zero-order chi connectivity index (χ0) is 18.0. The summed E-state index contributed by atoms with van der Waals surface area (Å²) in [5.41, 5.74) is 3.77. The molecule has 2 aromatic rings. The molecule has 2 aromatic carbocycles. The van der Waals surface area contributed by atoms with E-state index >= 15 is 0 Å². The predicted octanol–water partition coefficient (Wildman–Crippen LogP) is 4.88. The van der Waals surface area contributed by atoms with E-state index in [1.54, 1.807) is 0 Å². The van der Waals surface area contributed by atoms with Crippen molar-refractivity contribution >= 4 is 28.9 Å². The van der Waals surface area contributed by atoms with Crippen LogP contribution in [0.3, 0.4) is 0 Å². The molecule has 0 aromatic heterocycles. The number of fused-ring (bicyclic) bond motifs is 1. The zero-order valence-corrected chi connectivity index (χ0v) is 15.9. The summed E-state index contributed by atoms with van der Waals surface area (Å²) in [7, 11) is 1.94. The monoisotopic (exact) mass is 356 g/mol. The van der Waals surface area contributed by atoms with Gasteiger partial charge in [-0.15, -0.1) is 0 Å². The number of halogens is 1. The third kappa shape index (κ3) is 3.58. The summed E-state index contributed by atoms with van der Waals surface area (Å²) < 4.78 is 0. The first kappa shape index (κ1) is 18.0. The van der Waals surface area contributed by atoms with Crippen molar-refractivity contribution in [2.45, 2.75) is 33.1 Å². The fourth-order valence-corrected chi connectivity index (χ4v) is 3.78. The number of carbonyl (C=O) groups excluding carboxylic acids is 1. The van der Waals surface area contributed by atoms with E-state index < -0.39 is 5.41 Å². The van der Waals surface area contributed by atoms with Gasteiger partial charge in [0.15, 0.2) is 0 Å². The lowest BCUT2D eigenvalue weighted by molar-refractivity contribution is -0.127. The molecule has 25 heavy (non-hydrogen) atoms. The van der Waals surface area contributed by atoms with Crippen LogP contribution in [0.5, 0.6) is 0 Å². The lowest BCUT2D eigenvalue weighted by Gasteiger charge is -2.41. The number of nitrogens with one attached hydrogen (secondary N) is 1. The Bertz CT molecular complexity index is 772. The van der Waals surface area contributed by atoms with E-state index in [-0.39, 0.29) is 5.91 Å². The SMILES string of the molecule is CNCCCC1(C)Cc2cc(Cl)ccc2N(c2ccc(C)cc2)C1=O. The number of benzene rings is 2. The molecular weight excluding hydrogens is 332 g/mol. The summed E-state index contributed by atoms with van der Waals surface area (Å²) in [6.45, 7) is 5.04. The van der Waals surface area contributed by atoms with E-state index in [1.165, 1.54) is 5.56 Å². The van der Waals surface area contributed by atoms with Crippen LogP contribution in [0, 0.1) is 12.3 Å². The van der Waals surface area contributed by atoms with E-state index in [0.29, 0.717) is 0 Å². The molecule has 0 aliphatic carbocycles. The van der Waals surface area contributed by atoms with Crippen molar-refractivity contribution in [2.75, 3.05) is 18.5 Å². The van der Waals surface area contributed by atoms with Crippen LogP contribution in [-0.2, 0) is 11.2 Å². The van der Waals surface area contributed by atoms with Crippen molar-refractivity contribution in [3.05, 3.63) is 58.6 Å². The van der Waals surface area contributed by atoms with Crippen LogP contribution in [-0.4, -0.2) is 19.5 Å². The molecule has 0 bridgehead atoms. The number of nitrogens with zero attached hydrogens (tertiary/aromatic N) is 1. The first-order valence-corrected chi connectivity index (χ1v) is 9.17. The van der Waals surface area contributed by atoms with Crippen LogP contribution < -0.4 is 10.2 Å². The molecule has 132 valence electrons. The molecule has 0 saturated heterocycles. The second-order valence-electron chi connectivity index (χ2n) is 7.19. The minimum Gasteiger partial charge on any atom is -0.320 e. The van der Waals surface area contributed by atoms with Gasteiger partial charge < -0.3 is 5.32 Å². The van der Waals surface area contributed by atoms with Gasteiger partial charge in [0, 0.05) is 10.7 Å². The fraction of sp³-hybridized carbons (Fsp3) is 0.381. The van der Waals surface area contributed by atoms with Crippen LogP contribution >= 0.6 is 11.6 Å². The van der Waals surface area contributed by atoms with Crippen molar-refractivity contribution < 1.29 is 4.79 Å². The number of anilines is 2. The number of rotatable bonds is 5. The van der Waals surface area contributed by atoms with Crippen LogP contribution in [0.1, 0.15) is 30.9 Å². The summed E-state index contributed by atoms with van der Waals surface area (Å²) in [4.78, 5) is 15.3. The van der Waals surface area contributed by atoms with Gasteiger partial charge in [0.05, 0.1) is 11.1 Å². The molecule has 3 nitrogen and oxygen atoms in total. The molecule has 0 saturated carbocycles. The highest BCUT2D eigenvalue weighted by Crippen LogP contribution is 2.44. The van der Waals surface area contributed by atoms with Crippen molar-refractivity contribution in [1.29, 1.82) is 0 Å². The maximum atomic E-state index is 13.4. The Hall–Kier alpha value is -1.84. The average molecular weight is 357 g/mol. The van der Waals surface area contributed by atoms with Crippen molar-refractivity contribution in [3.8, 4) is 0 Å². The van der Waals surface area contributed by atoms with Gasteiger partial charge in [-0.25, -0.2) is 0 Å². The molecule has 1 aliphatic rings. The first-order valence-electron chi connectivity index (χ1n) is 8.79. The number of aryl methyl sites for hydroxylation is 1. The minimum atomic E-state index is -0.417. The van der Waals surface area contributed by atoms with E-state index in [0.717, 1.165) is 47.8 Å². The van der Waals surface area contributed by atoms with Crippen molar-refractivity contribution in [3.63, 3.8) is 0 Å². The van der Waals surface area contributed by atoms with Crippen molar-refractivity contribution in [1.82, 2.24) is 5.32 Å². The average Bonchev–Trinajstić information content (AvgIpc) is 2.58. The molecule has 1 heterocycles. The number of amides is 1. The quantitative estimate of drug-likeness (QED) is 0.775. The van der Waals surface area contributed by atoms with E-state index in [9.17, 15) is 4.79 Å². The van der Waals surface area contributed by atoms with Crippen LogP contribution in [0.15, 0.2) is 42.5 Å². The molecule has 0 spiro atoms. The maximum Gasteiger partial charge on any atom is 0.237 e. The highest BCUT2D eigenvalue weighted by molar-refractivity contribution is 6.30. The number of hydrogen-bond acceptors (Lipinski definition) is 2. The Labute approximate surface area is 155 Å². The fourth-order valence-electron chi connectivity index (χ4n) is 3.59. The zero-order valence-electron chi connectivity index (χ0n) is 15.1. The van der Waals surface area contributed by atoms with Gasteiger partial charge in [0.2, 0.25) is 5.91 Å². The van der Waals surface area contributed by atoms with Crippen LogP contribution in [0.25, 0.3) is 0 Å². The first-order chi connectivity index (χ1) is 11.9. The largest absolute Gasteiger partial charge is 0.320 e. The molecule has 1 atom stereocenters. The van der Waals surface area contributed by atoms with Gasteiger partial charge in [-0.1, -0.05) is 36.2 Å². The van der Waals surface area contributed by atoms with E-state index in [4.69, 9.17) is 11.6 Å². The standard InChI is InChI=1S/C21H25ClN2O/c1-15-5-8-18(9-6-15)24-19-10-7-17(22)13-16(19)14-21(2,20(24)25)11-4-12-23-3/h5-10,13,23H,4,11-12,14H2,1-3H3. The summed E-state index contributed by atoms with van der Waals surface area (Å²) in [5, 5.41) is 3.89. The molecule has 0 fully saturated rings. The lowest BCUT2D eigenvalue weighted by atomic mass is 9.75. The Balaban J connectivity index is 2.05. The third-order valence-corrected chi connectivity index (χ3v) is 5.27. The molecule has 3 rings (SSSR count). The summed E-state index contributed by atoms with van der Waals surface area (Å²) >= 11 is 6.23. The van der Waals surface area contributed by atoms with Gasteiger partial charge in [0.1, 0.15) is 0 Å². The van der Waals surface area contributed by atoms with Gasteiger partial charge in [0.25, 0.3) is 0 Å². The molecule has 0 radical (unpaired) electrons.